The quantitative estimate of drug-likeness (QED) is 0.731. The van der Waals surface area contributed by atoms with Gasteiger partial charge in [0, 0.05) is 18.7 Å². The molecule has 0 atom stereocenters. The second-order valence-electron chi connectivity index (χ2n) is 6.93. The molecule has 0 aliphatic heterocycles. The van der Waals surface area contributed by atoms with Crippen molar-refractivity contribution < 1.29 is 14.3 Å². The summed E-state index contributed by atoms with van der Waals surface area (Å²) >= 11 is 0. The van der Waals surface area contributed by atoms with Crippen molar-refractivity contribution in [3.05, 3.63) is 30.5 Å². The number of carbonyl (C=O) groups is 1. The first kappa shape index (κ1) is 18.6. The van der Waals surface area contributed by atoms with E-state index in [-0.39, 0.29) is 5.91 Å². The minimum atomic E-state index is -0.719. The number of amides is 1. The Kier molecular flexibility index (Phi) is 6.09. The fourth-order valence-electron chi connectivity index (χ4n) is 3.58. The highest BCUT2D eigenvalue weighted by Gasteiger charge is 2.39. The first-order valence-electron chi connectivity index (χ1n) is 9.57. The molecule has 1 aromatic carbocycles. The summed E-state index contributed by atoms with van der Waals surface area (Å²) in [5.41, 5.74) is 0.808. The number of hydrogen-bond acceptors (Lipinski definition) is 4. The predicted octanol–water partition coefficient (Wildman–Crippen LogP) is 4.70. The molecule has 1 aliphatic carbocycles. The lowest BCUT2D eigenvalue weighted by Gasteiger charge is -2.34. The summed E-state index contributed by atoms with van der Waals surface area (Å²) in [6.45, 7) is 2.80. The Labute approximate surface area is 155 Å². The van der Waals surface area contributed by atoms with Crippen LogP contribution in [-0.2, 0) is 9.53 Å². The van der Waals surface area contributed by atoms with Gasteiger partial charge in [0.05, 0.1) is 12.3 Å². The summed E-state index contributed by atoms with van der Waals surface area (Å²) in [6, 6.07) is 7.63. The van der Waals surface area contributed by atoms with E-state index in [0.29, 0.717) is 6.61 Å². The largest absolute Gasteiger partial charge is 0.491 e. The number of pyridine rings is 1. The Morgan fingerprint density at radius 1 is 1.23 bits per heavy atom. The molecule has 1 heterocycles. The minimum absolute atomic E-state index is 0.0653. The second kappa shape index (κ2) is 8.49. The maximum absolute atomic E-state index is 13.0. The van der Waals surface area contributed by atoms with Crippen LogP contribution in [0.4, 0.5) is 5.69 Å². The van der Waals surface area contributed by atoms with E-state index < -0.39 is 5.60 Å². The van der Waals surface area contributed by atoms with E-state index in [4.69, 9.17) is 9.47 Å². The molecule has 1 fully saturated rings. The molecule has 0 bridgehead atoms. The molecule has 0 unspecified atom stereocenters. The molecule has 2 aromatic rings. The number of ether oxygens (including phenoxy) is 2. The average molecular weight is 356 g/mol. The van der Waals surface area contributed by atoms with Gasteiger partial charge in [-0.2, -0.15) is 0 Å². The van der Waals surface area contributed by atoms with Crippen molar-refractivity contribution in [2.24, 2.45) is 0 Å². The topological polar surface area (TPSA) is 60.5 Å². The lowest BCUT2D eigenvalue weighted by Crippen LogP contribution is -2.46. The maximum Gasteiger partial charge on any atom is 0.256 e. The lowest BCUT2D eigenvalue weighted by atomic mass is 9.84. The fourth-order valence-corrected chi connectivity index (χ4v) is 3.58. The van der Waals surface area contributed by atoms with Crippen LogP contribution in [0.5, 0.6) is 5.75 Å². The van der Waals surface area contributed by atoms with Crippen LogP contribution in [0.25, 0.3) is 10.9 Å². The molecule has 1 aliphatic rings. The molecule has 3 rings (SSSR count). The smallest absolute Gasteiger partial charge is 0.256 e. The van der Waals surface area contributed by atoms with Crippen LogP contribution < -0.4 is 10.1 Å². The maximum atomic E-state index is 13.0. The molecule has 5 heteroatoms. The number of methoxy groups -OCH3 is 1. The van der Waals surface area contributed by atoms with Gasteiger partial charge in [0.2, 0.25) is 0 Å². The van der Waals surface area contributed by atoms with E-state index in [1.165, 1.54) is 0 Å². The van der Waals surface area contributed by atoms with Gasteiger partial charge in [-0.1, -0.05) is 32.6 Å². The first-order valence-corrected chi connectivity index (χ1v) is 9.57. The van der Waals surface area contributed by atoms with E-state index in [1.807, 2.05) is 24.3 Å². The van der Waals surface area contributed by atoms with Crippen molar-refractivity contribution in [3.8, 4) is 5.75 Å². The highest BCUT2D eigenvalue weighted by atomic mass is 16.5. The molecule has 26 heavy (non-hydrogen) atoms. The third-order valence-corrected chi connectivity index (χ3v) is 5.20. The van der Waals surface area contributed by atoms with Crippen molar-refractivity contribution in [3.63, 3.8) is 0 Å². The zero-order chi connectivity index (χ0) is 18.4. The zero-order valence-corrected chi connectivity index (χ0v) is 15.7. The Morgan fingerprint density at radius 3 is 2.77 bits per heavy atom. The predicted molar refractivity (Wildman–Crippen MR) is 104 cm³/mol. The van der Waals surface area contributed by atoms with E-state index in [2.05, 4.69) is 17.2 Å². The molecular weight excluding hydrogens is 328 g/mol. The number of fused-ring (bicyclic) bond motifs is 1. The second-order valence-corrected chi connectivity index (χ2v) is 6.93. The van der Waals surface area contributed by atoms with Gasteiger partial charge in [0.1, 0.15) is 16.9 Å². The number of hydrogen-bond donors (Lipinski definition) is 1. The summed E-state index contributed by atoms with van der Waals surface area (Å²) in [4.78, 5) is 17.4. The number of benzene rings is 1. The van der Waals surface area contributed by atoms with Crippen LogP contribution in [0.3, 0.4) is 0 Å². The fraction of sp³-hybridized carbons (Fsp3) is 0.524. The standard InChI is InChI=1S/C21H28N2O3/c1-3-4-15-26-18-11-10-17(16-9-8-14-22-19(16)18)23-20(24)21(25-2)12-6-5-7-13-21/h8-11,14H,3-7,12-13,15H2,1-2H3,(H,23,24). The van der Waals surface area contributed by atoms with Crippen LogP contribution in [-0.4, -0.2) is 30.2 Å². The summed E-state index contributed by atoms with van der Waals surface area (Å²) in [7, 11) is 1.63. The molecular formula is C21H28N2O3. The van der Waals surface area contributed by atoms with Gasteiger partial charge >= 0.3 is 0 Å². The third kappa shape index (κ3) is 3.83. The van der Waals surface area contributed by atoms with Crippen LogP contribution in [0.15, 0.2) is 30.5 Å². The average Bonchev–Trinajstić information content (AvgIpc) is 2.70. The molecule has 140 valence electrons. The molecule has 1 N–H and O–H groups in total. The van der Waals surface area contributed by atoms with E-state index in [9.17, 15) is 4.79 Å². The van der Waals surface area contributed by atoms with Gasteiger partial charge in [-0.3, -0.25) is 9.78 Å². The monoisotopic (exact) mass is 356 g/mol. The number of aromatic nitrogens is 1. The van der Waals surface area contributed by atoms with E-state index in [0.717, 1.165) is 67.3 Å². The van der Waals surface area contributed by atoms with Crippen molar-refractivity contribution in [1.29, 1.82) is 0 Å². The van der Waals surface area contributed by atoms with Crippen molar-refractivity contribution in [2.75, 3.05) is 19.0 Å². The molecule has 0 spiro atoms. The SMILES string of the molecule is CCCCOc1ccc(NC(=O)C2(OC)CCCCC2)c2cccnc12. The summed E-state index contributed by atoms with van der Waals surface area (Å²) < 4.78 is 11.5. The van der Waals surface area contributed by atoms with Crippen molar-refractivity contribution in [2.45, 2.75) is 57.5 Å². The van der Waals surface area contributed by atoms with Crippen LogP contribution in [0.2, 0.25) is 0 Å². The van der Waals surface area contributed by atoms with Gasteiger partial charge in [-0.25, -0.2) is 0 Å². The number of carbonyl (C=O) groups excluding carboxylic acids is 1. The summed E-state index contributed by atoms with van der Waals surface area (Å²) in [5, 5.41) is 3.97. The third-order valence-electron chi connectivity index (χ3n) is 5.20. The van der Waals surface area contributed by atoms with Gasteiger partial charge in [0.15, 0.2) is 0 Å². The highest BCUT2D eigenvalue weighted by molar-refractivity contribution is 6.05. The van der Waals surface area contributed by atoms with Crippen LogP contribution >= 0.6 is 0 Å². The molecule has 0 radical (unpaired) electrons. The van der Waals surface area contributed by atoms with Crippen molar-refractivity contribution in [1.82, 2.24) is 4.98 Å². The summed E-state index contributed by atoms with van der Waals surface area (Å²) in [6.07, 6.45) is 8.57. The number of rotatable bonds is 7. The van der Waals surface area contributed by atoms with E-state index >= 15 is 0 Å². The molecule has 1 saturated carbocycles. The van der Waals surface area contributed by atoms with Gasteiger partial charge in [0.25, 0.3) is 5.91 Å². The summed E-state index contributed by atoms with van der Waals surface area (Å²) in [5.74, 6) is 0.690. The van der Waals surface area contributed by atoms with Gasteiger partial charge in [-0.05, 0) is 43.5 Å². The first-order chi connectivity index (χ1) is 12.7. The van der Waals surface area contributed by atoms with Crippen LogP contribution in [0.1, 0.15) is 51.9 Å². The number of unbranched alkanes of at least 4 members (excludes halogenated alkanes) is 1. The molecule has 0 saturated heterocycles. The molecule has 5 nitrogen and oxygen atoms in total. The minimum Gasteiger partial charge on any atom is -0.491 e. The highest BCUT2D eigenvalue weighted by Crippen LogP contribution is 2.34. The Balaban J connectivity index is 1.86. The lowest BCUT2D eigenvalue weighted by molar-refractivity contribution is -0.141. The van der Waals surface area contributed by atoms with Crippen LogP contribution in [0, 0.1) is 0 Å². The van der Waals surface area contributed by atoms with Crippen molar-refractivity contribution >= 4 is 22.5 Å². The van der Waals surface area contributed by atoms with Gasteiger partial charge in [-0.15, -0.1) is 0 Å². The normalized spacial score (nSPS) is 16.4. The molecule has 1 amide bonds. The van der Waals surface area contributed by atoms with Gasteiger partial charge < -0.3 is 14.8 Å². The zero-order valence-electron chi connectivity index (χ0n) is 15.7. The Hall–Kier alpha value is -2.14. The molecule has 1 aromatic heterocycles. The number of nitrogens with one attached hydrogen (secondary N) is 1. The Morgan fingerprint density at radius 2 is 2.04 bits per heavy atom. The Bertz CT molecular complexity index is 754. The number of nitrogens with zero attached hydrogens (tertiary/aromatic N) is 1. The van der Waals surface area contributed by atoms with E-state index in [1.54, 1.807) is 13.3 Å². The number of anilines is 1.